The van der Waals surface area contributed by atoms with Gasteiger partial charge in [0.1, 0.15) is 12.1 Å². The number of hydrogen-bond acceptors (Lipinski definition) is 6. The van der Waals surface area contributed by atoms with E-state index < -0.39 is 0 Å². The Labute approximate surface area is 189 Å². The molecule has 1 atom stereocenters. The highest BCUT2D eigenvalue weighted by atomic mass is 15.2. The Bertz CT molecular complexity index is 1240. The first-order valence-electron chi connectivity index (χ1n) is 11.1. The fourth-order valence-corrected chi connectivity index (χ4v) is 4.70. The van der Waals surface area contributed by atoms with Crippen molar-refractivity contribution in [2.24, 2.45) is 0 Å². The minimum absolute atomic E-state index is 0.291. The summed E-state index contributed by atoms with van der Waals surface area (Å²) in [6, 6.07) is 15.2. The van der Waals surface area contributed by atoms with Crippen molar-refractivity contribution in [3.05, 3.63) is 78.1 Å². The highest BCUT2D eigenvalue weighted by Crippen LogP contribution is 2.35. The highest BCUT2D eigenvalue weighted by molar-refractivity contribution is 5.81. The molecular formula is C26H28N6. The van der Waals surface area contributed by atoms with Crippen LogP contribution in [-0.2, 0) is 6.54 Å². The average Bonchev–Trinajstić information content (AvgIpc) is 3.27. The van der Waals surface area contributed by atoms with E-state index in [1.54, 1.807) is 6.33 Å². The van der Waals surface area contributed by atoms with E-state index >= 15 is 0 Å². The Morgan fingerprint density at radius 3 is 2.62 bits per heavy atom. The smallest absolute Gasteiger partial charge is 0.133 e. The molecule has 32 heavy (non-hydrogen) atoms. The molecule has 0 radical (unpaired) electrons. The average molecular weight is 425 g/mol. The second-order valence-electron chi connectivity index (χ2n) is 8.74. The summed E-state index contributed by atoms with van der Waals surface area (Å²) in [4.78, 5) is 22.9. The van der Waals surface area contributed by atoms with Crippen molar-refractivity contribution in [1.82, 2.24) is 24.8 Å². The van der Waals surface area contributed by atoms with Crippen molar-refractivity contribution in [3.63, 3.8) is 0 Å². The molecule has 0 N–H and O–H groups in total. The number of benzene rings is 1. The van der Waals surface area contributed by atoms with Gasteiger partial charge < -0.3 is 4.90 Å². The molecular weight excluding hydrogens is 396 g/mol. The minimum atomic E-state index is 0.291. The molecule has 0 unspecified atom stereocenters. The van der Waals surface area contributed by atoms with Gasteiger partial charge in [0.05, 0.1) is 17.3 Å². The summed E-state index contributed by atoms with van der Waals surface area (Å²) in [5, 5.41) is 1.18. The highest BCUT2D eigenvalue weighted by Gasteiger charge is 2.28. The Balaban J connectivity index is 1.49. The second kappa shape index (κ2) is 8.63. The van der Waals surface area contributed by atoms with Crippen LogP contribution in [0.4, 0.5) is 5.82 Å². The molecule has 3 aromatic heterocycles. The molecule has 4 heterocycles. The number of rotatable bonds is 5. The zero-order chi connectivity index (χ0) is 22.1. The number of likely N-dealkylation sites (tertiary alicyclic amines) is 1. The van der Waals surface area contributed by atoms with Crippen LogP contribution in [0.15, 0.2) is 61.2 Å². The van der Waals surface area contributed by atoms with E-state index in [2.05, 4.69) is 77.2 Å². The van der Waals surface area contributed by atoms with E-state index in [9.17, 15) is 0 Å². The van der Waals surface area contributed by atoms with Gasteiger partial charge in [-0.2, -0.15) is 0 Å². The van der Waals surface area contributed by atoms with Gasteiger partial charge in [0.2, 0.25) is 0 Å². The van der Waals surface area contributed by atoms with E-state index in [0.29, 0.717) is 6.04 Å². The number of hydrogen-bond donors (Lipinski definition) is 0. The third-order valence-electron chi connectivity index (χ3n) is 6.15. The summed E-state index contributed by atoms with van der Waals surface area (Å²) < 4.78 is 0. The summed E-state index contributed by atoms with van der Waals surface area (Å²) in [6.07, 6.45) is 7.57. The molecule has 6 heteroatoms. The van der Waals surface area contributed by atoms with Gasteiger partial charge in [0.25, 0.3) is 0 Å². The van der Waals surface area contributed by atoms with Crippen LogP contribution >= 0.6 is 0 Å². The normalized spacial score (nSPS) is 16.5. The number of aryl methyl sites for hydroxylation is 1. The molecule has 1 aliphatic heterocycles. The van der Waals surface area contributed by atoms with Crippen molar-refractivity contribution in [1.29, 1.82) is 0 Å². The van der Waals surface area contributed by atoms with Crippen LogP contribution in [0, 0.1) is 6.92 Å². The van der Waals surface area contributed by atoms with E-state index in [4.69, 9.17) is 9.97 Å². The molecule has 5 rings (SSSR count). The summed E-state index contributed by atoms with van der Waals surface area (Å²) >= 11 is 0. The van der Waals surface area contributed by atoms with Crippen LogP contribution in [0.1, 0.15) is 35.8 Å². The SMILES string of the molecule is Cc1cc(-c2cncnc2)cc([C@H]2CCCN2Cc2cc3ccccc3nc2N(C)C)n1. The third-order valence-corrected chi connectivity index (χ3v) is 6.15. The standard InChI is InChI=1S/C26H28N6/c1-18-11-20(22-14-27-17-28-15-22)13-24(29-18)25-9-6-10-32(25)16-21-12-19-7-4-5-8-23(19)30-26(21)31(2)3/h4-5,7-8,11-15,17,25H,6,9-10,16H2,1-3H3/t25-/m1/s1. The molecule has 6 nitrogen and oxygen atoms in total. The van der Waals surface area contributed by atoms with Crippen LogP contribution in [0.5, 0.6) is 0 Å². The summed E-state index contributed by atoms with van der Waals surface area (Å²) in [7, 11) is 4.14. The lowest BCUT2D eigenvalue weighted by Gasteiger charge is -2.27. The van der Waals surface area contributed by atoms with Gasteiger partial charge in [-0.3, -0.25) is 9.88 Å². The summed E-state index contributed by atoms with van der Waals surface area (Å²) in [5.41, 5.74) is 6.59. The summed E-state index contributed by atoms with van der Waals surface area (Å²) in [5.74, 6) is 1.04. The fourth-order valence-electron chi connectivity index (χ4n) is 4.70. The topological polar surface area (TPSA) is 58.0 Å². The lowest BCUT2D eigenvalue weighted by Crippen LogP contribution is -2.25. The van der Waals surface area contributed by atoms with Crippen molar-refractivity contribution >= 4 is 16.7 Å². The molecule has 1 saturated heterocycles. The number of aromatic nitrogens is 4. The van der Waals surface area contributed by atoms with Crippen molar-refractivity contribution in [2.45, 2.75) is 32.4 Å². The maximum Gasteiger partial charge on any atom is 0.133 e. The lowest BCUT2D eigenvalue weighted by molar-refractivity contribution is 0.244. The molecule has 162 valence electrons. The zero-order valence-corrected chi connectivity index (χ0v) is 18.9. The predicted molar refractivity (Wildman–Crippen MR) is 128 cm³/mol. The van der Waals surface area contributed by atoms with Crippen molar-refractivity contribution in [3.8, 4) is 11.1 Å². The van der Waals surface area contributed by atoms with Gasteiger partial charge in [-0.25, -0.2) is 15.0 Å². The number of anilines is 1. The summed E-state index contributed by atoms with van der Waals surface area (Å²) in [6.45, 7) is 3.98. The lowest BCUT2D eigenvalue weighted by atomic mass is 10.0. The van der Waals surface area contributed by atoms with E-state index in [0.717, 1.165) is 53.4 Å². The van der Waals surface area contributed by atoms with Crippen molar-refractivity contribution in [2.75, 3.05) is 25.5 Å². The molecule has 0 amide bonds. The number of pyridine rings is 2. The fraction of sp³-hybridized carbons (Fsp3) is 0.308. The number of para-hydroxylation sites is 1. The van der Waals surface area contributed by atoms with Crippen LogP contribution < -0.4 is 4.90 Å². The molecule has 0 bridgehead atoms. The number of nitrogens with zero attached hydrogens (tertiary/aromatic N) is 6. The Morgan fingerprint density at radius 2 is 1.81 bits per heavy atom. The van der Waals surface area contributed by atoms with E-state index in [1.807, 2.05) is 18.5 Å². The molecule has 0 saturated carbocycles. The second-order valence-corrected chi connectivity index (χ2v) is 8.74. The van der Waals surface area contributed by atoms with Crippen LogP contribution in [0.3, 0.4) is 0 Å². The first-order valence-corrected chi connectivity index (χ1v) is 11.1. The molecule has 1 aliphatic rings. The van der Waals surface area contributed by atoms with Gasteiger partial charge in [-0.05, 0) is 56.1 Å². The van der Waals surface area contributed by atoms with Crippen LogP contribution in [0.25, 0.3) is 22.0 Å². The van der Waals surface area contributed by atoms with Crippen molar-refractivity contribution < 1.29 is 0 Å². The van der Waals surface area contributed by atoms with Gasteiger partial charge in [0, 0.05) is 55.2 Å². The largest absolute Gasteiger partial charge is 0.362 e. The molecule has 4 aromatic rings. The monoisotopic (exact) mass is 424 g/mol. The Kier molecular flexibility index (Phi) is 5.53. The van der Waals surface area contributed by atoms with Crippen LogP contribution in [-0.4, -0.2) is 45.5 Å². The van der Waals surface area contributed by atoms with E-state index in [-0.39, 0.29) is 0 Å². The molecule has 1 aromatic carbocycles. The first kappa shape index (κ1) is 20.5. The van der Waals surface area contributed by atoms with Gasteiger partial charge >= 0.3 is 0 Å². The zero-order valence-electron chi connectivity index (χ0n) is 18.9. The van der Waals surface area contributed by atoms with Crippen LogP contribution in [0.2, 0.25) is 0 Å². The minimum Gasteiger partial charge on any atom is -0.362 e. The Hall–Kier alpha value is -3.38. The van der Waals surface area contributed by atoms with Gasteiger partial charge in [-0.15, -0.1) is 0 Å². The van der Waals surface area contributed by atoms with Gasteiger partial charge in [0.15, 0.2) is 0 Å². The number of fused-ring (bicyclic) bond motifs is 1. The first-order chi connectivity index (χ1) is 15.6. The predicted octanol–water partition coefficient (Wildman–Crippen LogP) is 4.80. The third kappa shape index (κ3) is 4.06. The van der Waals surface area contributed by atoms with E-state index in [1.165, 1.54) is 17.4 Å². The molecule has 0 spiro atoms. The maximum atomic E-state index is 4.95. The van der Waals surface area contributed by atoms with Gasteiger partial charge in [-0.1, -0.05) is 18.2 Å². The Morgan fingerprint density at radius 1 is 1.00 bits per heavy atom. The quantitative estimate of drug-likeness (QED) is 0.459. The molecule has 1 fully saturated rings. The maximum absolute atomic E-state index is 4.95. The molecule has 0 aliphatic carbocycles.